The third-order valence-electron chi connectivity index (χ3n) is 3.41. The number of nitrogens with zero attached hydrogens (tertiary/aromatic N) is 1. The molecule has 3 nitrogen and oxygen atoms in total. The maximum Gasteiger partial charge on any atom is 0.226 e. The van der Waals surface area contributed by atoms with Gasteiger partial charge in [0.1, 0.15) is 0 Å². The van der Waals surface area contributed by atoms with Gasteiger partial charge < -0.3 is 9.64 Å². The molecule has 0 spiro atoms. The van der Waals surface area contributed by atoms with Gasteiger partial charge in [0.25, 0.3) is 0 Å². The van der Waals surface area contributed by atoms with Crippen molar-refractivity contribution in [2.75, 3.05) is 27.3 Å². The average molecular weight is 306 g/mol. The number of likely N-dealkylation sites (N-methyl/N-ethyl adjacent to an activating group) is 1. The van der Waals surface area contributed by atoms with Gasteiger partial charge in [0, 0.05) is 20.7 Å². The van der Waals surface area contributed by atoms with Crippen LogP contribution < -0.4 is 0 Å². The zero-order chi connectivity index (χ0) is 15.2. The summed E-state index contributed by atoms with van der Waals surface area (Å²) in [6.45, 7) is 0.928. The number of fused-ring (bicyclic) bond motifs is 1. The van der Waals surface area contributed by atoms with Crippen molar-refractivity contribution in [2.45, 2.75) is 11.8 Å². The van der Waals surface area contributed by atoms with Gasteiger partial charge in [-0.25, -0.2) is 0 Å². The number of carbonyl (C=O) groups is 1. The smallest absolute Gasteiger partial charge is 0.226 e. The average Bonchev–Trinajstić information content (AvgIpc) is 2.47. The summed E-state index contributed by atoms with van der Waals surface area (Å²) in [7, 11) is 3.38. The molecule has 0 N–H and O–H groups in total. The number of methoxy groups -OCH3 is 1. The molecule has 112 valence electrons. The van der Waals surface area contributed by atoms with Crippen LogP contribution in [0.25, 0.3) is 10.8 Å². The lowest BCUT2D eigenvalue weighted by Crippen LogP contribution is -2.34. The Kier molecular flexibility index (Phi) is 5.59. The van der Waals surface area contributed by atoms with Crippen LogP contribution in [0.5, 0.6) is 0 Å². The summed E-state index contributed by atoms with van der Waals surface area (Å²) in [5, 5.41) is 2.16. The highest BCUT2D eigenvalue weighted by Gasteiger charge is 2.14. The van der Waals surface area contributed by atoms with Crippen LogP contribution in [0.4, 0.5) is 0 Å². The van der Waals surface area contributed by atoms with Crippen molar-refractivity contribution in [1.29, 1.82) is 0 Å². The Balaban J connectivity index is 2.00. The number of amides is 1. The van der Waals surface area contributed by atoms with E-state index >= 15 is 0 Å². The highest BCUT2D eigenvalue weighted by molar-refractivity contribution is 6.21. The monoisotopic (exact) mass is 305 g/mol. The lowest BCUT2D eigenvalue weighted by Gasteiger charge is -2.20. The minimum atomic E-state index is -0.180. The third kappa shape index (κ3) is 4.45. The molecule has 2 aromatic rings. The Bertz CT molecular complexity index is 615. The van der Waals surface area contributed by atoms with Crippen LogP contribution >= 0.6 is 11.6 Å². The molecule has 2 aromatic carbocycles. The van der Waals surface area contributed by atoms with Gasteiger partial charge in [-0.3, -0.25) is 4.79 Å². The van der Waals surface area contributed by atoms with Crippen LogP contribution in [0.3, 0.4) is 0 Å². The van der Waals surface area contributed by atoms with Crippen LogP contribution in [0.1, 0.15) is 5.56 Å². The molecule has 0 heterocycles. The molecule has 1 unspecified atom stereocenters. The fourth-order valence-corrected chi connectivity index (χ4v) is 2.62. The summed E-state index contributed by atoms with van der Waals surface area (Å²) in [5.74, 6) is 0.0621. The van der Waals surface area contributed by atoms with Crippen molar-refractivity contribution in [1.82, 2.24) is 4.90 Å². The summed E-state index contributed by atoms with van der Waals surface area (Å²) in [6, 6.07) is 14.2. The first-order valence-corrected chi connectivity index (χ1v) is 7.38. The van der Waals surface area contributed by atoms with Crippen LogP contribution in [0, 0.1) is 0 Å². The second-order valence-corrected chi connectivity index (χ2v) is 5.80. The van der Waals surface area contributed by atoms with Crippen molar-refractivity contribution in [2.24, 2.45) is 0 Å². The summed E-state index contributed by atoms with van der Waals surface area (Å²) >= 11 is 6.08. The van der Waals surface area contributed by atoms with Crippen molar-refractivity contribution < 1.29 is 9.53 Å². The number of halogens is 1. The number of benzene rings is 2. The molecule has 0 fully saturated rings. The third-order valence-corrected chi connectivity index (χ3v) is 3.68. The van der Waals surface area contributed by atoms with E-state index in [0.29, 0.717) is 19.6 Å². The van der Waals surface area contributed by atoms with Gasteiger partial charge in [-0.2, -0.15) is 0 Å². The van der Waals surface area contributed by atoms with Gasteiger partial charge in [-0.1, -0.05) is 42.5 Å². The topological polar surface area (TPSA) is 29.5 Å². The van der Waals surface area contributed by atoms with E-state index in [1.807, 2.05) is 24.3 Å². The molecule has 1 atom stereocenters. The second-order valence-electron chi connectivity index (χ2n) is 5.19. The standard InChI is InChI=1S/C17H20ClNO2/c1-19(11-16(18)12-21-2)17(20)10-13-7-8-14-5-3-4-6-15(14)9-13/h3-9,16H,10-12H2,1-2H3. The zero-order valence-electron chi connectivity index (χ0n) is 12.4. The fourth-order valence-electron chi connectivity index (χ4n) is 2.29. The first kappa shape index (κ1) is 15.8. The Labute approximate surface area is 130 Å². The van der Waals surface area contributed by atoms with Crippen LogP contribution in [-0.4, -0.2) is 43.5 Å². The number of carbonyl (C=O) groups excluding carboxylic acids is 1. The quantitative estimate of drug-likeness (QED) is 0.768. The number of rotatable bonds is 6. The lowest BCUT2D eigenvalue weighted by molar-refractivity contribution is -0.129. The largest absolute Gasteiger partial charge is 0.383 e. The van der Waals surface area contributed by atoms with E-state index < -0.39 is 0 Å². The molecule has 0 aliphatic heterocycles. The summed E-state index contributed by atoms with van der Waals surface area (Å²) in [6.07, 6.45) is 0.387. The van der Waals surface area contributed by atoms with E-state index in [1.165, 1.54) is 5.39 Å². The number of hydrogen-bond acceptors (Lipinski definition) is 2. The SMILES string of the molecule is COCC(Cl)CN(C)C(=O)Cc1ccc2ccccc2c1. The van der Waals surface area contributed by atoms with Crippen molar-refractivity contribution in [3.63, 3.8) is 0 Å². The first-order valence-electron chi connectivity index (χ1n) is 6.95. The van der Waals surface area contributed by atoms with Gasteiger partial charge in [0.2, 0.25) is 5.91 Å². The lowest BCUT2D eigenvalue weighted by atomic mass is 10.0. The minimum Gasteiger partial charge on any atom is -0.383 e. The van der Waals surface area contributed by atoms with E-state index in [0.717, 1.165) is 10.9 Å². The normalized spacial score (nSPS) is 12.3. The summed E-state index contributed by atoms with van der Waals surface area (Å²) in [4.78, 5) is 13.9. The molecule has 0 saturated carbocycles. The molecule has 21 heavy (non-hydrogen) atoms. The number of hydrogen-bond donors (Lipinski definition) is 0. The molecular weight excluding hydrogens is 286 g/mol. The van der Waals surface area contributed by atoms with E-state index in [2.05, 4.69) is 18.2 Å². The predicted octanol–water partition coefficient (Wildman–Crippen LogP) is 3.09. The molecule has 0 aromatic heterocycles. The van der Waals surface area contributed by atoms with Gasteiger partial charge in [-0.15, -0.1) is 11.6 Å². The number of ether oxygens (including phenoxy) is 1. The highest BCUT2D eigenvalue weighted by atomic mass is 35.5. The molecule has 1 amide bonds. The number of alkyl halides is 1. The van der Waals surface area contributed by atoms with Gasteiger partial charge >= 0.3 is 0 Å². The Morgan fingerprint density at radius 1 is 1.24 bits per heavy atom. The molecule has 0 radical (unpaired) electrons. The molecule has 2 rings (SSSR count). The molecule has 4 heteroatoms. The van der Waals surface area contributed by atoms with E-state index in [-0.39, 0.29) is 11.3 Å². The Morgan fingerprint density at radius 3 is 2.67 bits per heavy atom. The molecule has 0 bridgehead atoms. The van der Waals surface area contributed by atoms with E-state index in [4.69, 9.17) is 16.3 Å². The van der Waals surface area contributed by atoms with Gasteiger partial charge in [0.05, 0.1) is 18.4 Å². The van der Waals surface area contributed by atoms with Crippen molar-refractivity contribution in [3.05, 3.63) is 48.0 Å². The molecular formula is C17H20ClNO2. The zero-order valence-corrected chi connectivity index (χ0v) is 13.1. The van der Waals surface area contributed by atoms with Gasteiger partial charge in [0.15, 0.2) is 0 Å². The Morgan fingerprint density at radius 2 is 1.95 bits per heavy atom. The maximum absolute atomic E-state index is 12.2. The van der Waals surface area contributed by atoms with Crippen molar-refractivity contribution >= 4 is 28.3 Å². The highest BCUT2D eigenvalue weighted by Crippen LogP contribution is 2.16. The molecule has 0 aliphatic rings. The fraction of sp³-hybridized carbons (Fsp3) is 0.353. The van der Waals surface area contributed by atoms with Crippen LogP contribution in [0.2, 0.25) is 0 Å². The van der Waals surface area contributed by atoms with Crippen molar-refractivity contribution in [3.8, 4) is 0 Å². The maximum atomic E-state index is 12.2. The summed E-state index contributed by atoms with van der Waals surface area (Å²) in [5.41, 5.74) is 1.02. The van der Waals surface area contributed by atoms with E-state index in [1.54, 1.807) is 19.1 Å². The van der Waals surface area contributed by atoms with Crippen LogP contribution in [-0.2, 0) is 16.0 Å². The van der Waals surface area contributed by atoms with Crippen LogP contribution in [0.15, 0.2) is 42.5 Å². The molecule has 0 aliphatic carbocycles. The second kappa shape index (κ2) is 7.43. The van der Waals surface area contributed by atoms with E-state index in [9.17, 15) is 4.79 Å². The predicted molar refractivity (Wildman–Crippen MR) is 86.8 cm³/mol. The summed E-state index contributed by atoms with van der Waals surface area (Å²) < 4.78 is 4.98. The Hall–Kier alpha value is -1.58. The minimum absolute atomic E-state index is 0.0621. The first-order chi connectivity index (χ1) is 10.1. The molecule has 0 saturated heterocycles. The van der Waals surface area contributed by atoms with Gasteiger partial charge in [-0.05, 0) is 16.3 Å².